The predicted molar refractivity (Wildman–Crippen MR) is 111 cm³/mol. The van der Waals surface area contributed by atoms with Crippen LogP contribution in [-0.2, 0) is 6.54 Å². The maximum atomic E-state index is 12.1. The number of allylic oxidation sites excluding steroid dienone is 1. The number of aliphatic imine (C=N–C) groups is 1. The zero-order valence-electron chi connectivity index (χ0n) is 15.7. The number of aromatic nitrogens is 2. The van der Waals surface area contributed by atoms with Gasteiger partial charge in [-0.25, -0.2) is 5.10 Å². The Morgan fingerprint density at radius 2 is 1.89 bits per heavy atom. The minimum absolute atomic E-state index is 0.211. The number of hydrogen-bond acceptors (Lipinski definition) is 5. The third-order valence-corrected chi connectivity index (χ3v) is 4.49. The molecular formula is C21H23N5O. The lowest BCUT2D eigenvalue weighted by atomic mass is 9.94. The molecule has 0 saturated carbocycles. The minimum atomic E-state index is -0.211. The Labute approximate surface area is 157 Å². The highest BCUT2D eigenvalue weighted by molar-refractivity contribution is 6.32. The number of fused-ring (bicyclic) bond motifs is 1. The highest BCUT2D eigenvalue weighted by Gasteiger charge is 2.14. The normalized spacial score (nSPS) is 12.6. The summed E-state index contributed by atoms with van der Waals surface area (Å²) in [6.07, 6.45) is 1.56. The van der Waals surface area contributed by atoms with Gasteiger partial charge in [-0.15, -0.1) is 0 Å². The van der Waals surface area contributed by atoms with Crippen molar-refractivity contribution >= 4 is 22.1 Å². The van der Waals surface area contributed by atoms with E-state index >= 15 is 0 Å². The first-order valence-corrected chi connectivity index (χ1v) is 8.71. The molecule has 1 aromatic heterocycles. The lowest BCUT2D eigenvalue weighted by Gasteiger charge is -2.13. The topological polar surface area (TPSA) is 96.2 Å². The Balaban J connectivity index is 2.15. The molecule has 0 aliphatic carbocycles. The van der Waals surface area contributed by atoms with Crippen molar-refractivity contribution in [2.24, 2.45) is 10.7 Å². The van der Waals surface area contributed by atoms with Gasteiger partial charge in [0.25, 0.3) is 5.56 Å². The number of hydrogen-bond donors (Lipinski definition) is 3. The summed E-state index contributed by atoms with van der Waals surface area (Å²) in [4.78, 5) is 16.6. The summed E-state index contributed by atoms with van der Waals surface area (Å²) in [6.45, 7) is 2.59. The first-order chi connectivity index (χ1) is 13.1. The number of nitrogens with two attached hydrogens (primary N) is 1. The molecule has 0 amide bonds. The first-order valence-electron chi connectivity index (χ1n) is 8.71. The molecule has 3 aromatic rings. The van der Waals surface area contributed by atoms with Crippen LogP contribution in [0.1, 0.15) is 22.4 Å². The molecule has 6 nitrogen and oxygen atoms in total. The summed E-state index contributed by atoms with van der Waals surface area (Å²) in [5.74, 6) is 0. The lowest BCUT2D eigenvalue weighted by molar-refractivity contribution is 0.773. The largest absolute Gasteiger partial charge is 0.404 e. The fourth-order valence-electron chi connectivity index (χ4n) is 3.12. The second-order valence-corrected chi connectivity index (χ2v) is 6.31. The molecule has 0 aliphatic rings. The number of nitrogens with zero attached hydrogens (tertiary/aromatic N) is 2. The van der Waals surface area contributed by atoms with Gasteiger partial charge in [0.15, 0.2) is 0 Å². The van der Waals surface area contributed by atoms with E-state index < -0.39 is 0 Å². The zero-order chi connectivity index (χ0) is 19.4. The van der Waals surface area contributed by atoms with Crippen molar-refractivity contribution < 1.29 is 0 Å². The van der Waals surface area contributed by atoms with Crippen molar-refractivity contribution in [2.75, 3.05) is 14.1 Å². The molecule has 138 valence electrons. The molecule has 0 aliphatic heterocycles. The van der Waals surface area contributed by atoms with Crippen LogP contribution >= 0.6 is 0 Å². The van der Waals surface area contributed by atoms with E-state index in [1.165, 1.54) is 5.56 Å². The van der Waals surface area contributed by atoms with Crippen LogP contribution in [0.4, 0.5) is 0 Å². The highest BCUT2D eigenvalue weighted by atomic mass is 16.1. The van der Waals surface area contributed by atoms with Gasteiger partial charge in [0, 0.05) is 36.3 Å². The summed E-state index contributed by atoms with van der Waals surface area (Å²) < 4.78 is 0. The summed E-state index contributed by atoms with van der Waals surface area (Å²) >= 11 is 0. The van der Waals surface area contributed by atoms with E-state index in [1.54, 1.807) is 19.3 Å². The van der Waals surface area contributed by atoms with Gasteiger partial charge in [0.1, 0.15) is 0 Å². The van der Waals surface area contributed by atoms with Crippen molar-refractivity contribution in [3.63, 3.8) is 0 Å². The molecule has 2 aromatic carbocycles. The van der Waals surface area contributed by atoms with Crippen molar-refractivity contribution in [2.45, 2.75) is 13.5 Å². The number of nitrogens with one attached hydrogen (secondary N) is 2. The molecule has 0 atom stereocenters. The van der Waals surface area contributed by atoms with Gasteiger partial charge in [-0.2, -0.15) is 5.10 Å². The SMILES string of the molecule is CN=C(/C(=C\N)c1ccc2c(=O)[nH]nc(CNC)c2c1)c1ccc(C)cc1. The highest BCUT2D eigenvalue weighted by Crippen LogP contribution is 2.24. The standard InChI is InChI=1S/C21H23N5O/c1-13-4-6-14(7-5-13)20(24-3)18(11-22)15-8-9-16-17(10-15)19(12-23-2)25-26-21(16)27/h4-11,23H,12,22H2,1-3H3,(H,26,27)/b18-11-,24-20?. The molecule has 4 N–H and O–H groups in total. The summed E-state index contributed by atoms with van der Waals surface area (Å²) in [6, 6.07) is 13.8. The molecular weight excluding hydrogens is 338 g/mol. The second-order valence-electron chi connectivity index (χ2n) is 6.31. The number of aryl methyl sites for hydroxylation is 1. The molecule has 0 bridgehead atoms. The Bertz CT molecular complexity index is 1080. The number of H-pyrrole nitrogens is 1. The fraction of sp³-hybridized carbons (Fsp3) is 0.190. The Kier molecular flexibility index (Phi) is 5.47. The van der Waals surface area contributed by atoms with Crippen LogP contribution in [0.25, 0.3) is 16.3 Å². The molecule has 0 radical (unpaired) electrons. The average molecular weight is 361 g/mol. The van der Waals surface area contributed by atoms with Crippen LogP contribution in [0, 0.1) is 6.92 Å². The lowest BCUT2D eigenvalue weighted by Crippen LogP contribution is -2.15. The van der Waals surface area contributed by atoms with Crippen molar-refractivity contribution in [3.05, 3.63) is 81.4 Å². The van der Waals surface area contributed by atoms with Crippen LogP contribution in [-0.4, -0.2) is 30.0 Å². The summed E-state index contributed by atoms with van der Waals surface area (Å²) in [5.41, 5.74) is 11.2. The van der Waals surface area contributed by atoms with Crippen LogP contribution < -0.4 is 16.6 Å². The van der Waals surface area contributed by atoms with Gasteiger partial charge < -0.3 is 11.1 Å². The Morgan fingerprint density at radius 3 is 2.52 bits per heavy atom. The molecule has 0 unspecified atom stereocenters. The summed E-state index contributed by atoms with van der Waals surface area (Å²) in [7, 11) is 3.59. The van der Waals surface area contributed by atoms with E-state index in [0.717, 1.165) is 33.5 Å². The van der Waals surface area contributed by atoms with Gasteiger partial charge >= 0.3 is 0 Å². The smallest absolute Gasteiger partial charge is 0.272 e. The molecule has 1 heterocycles. The van der Waals surface area contributed by atoms with Gasteiger partial charge in [-0.05, 0) is 31.7 Å². The Morgan fingerprint density at radius 1 is 1.19 bits per heavy atom. The molecule has 0 spiro atoms. The van der Waals surface area contributed by atoms with Gasteiger partial charge in [-0.1, -0.05) is 35.9 Å². The maximum absolute atomic E-state index is 12.1. The van der Waals surface area contributed by atoms with Crippen molar-refractivity contribution in [1.29, 1.82) is 0 Å². The molecule has 3 rings (SSSR count). The minimum Gasteiger partial charge on any atom is -0.404 e. The maximum Gasteiger partial charge on any atom is 0.272 e. The quantitative estimate of drug-likeness (QED) is 0.608. The van der Waals surface area contributed by atoms with Gasteiger partial charge in [0.05, 0.1) is 16.8 Å². The predicted octanol–water partition coefficient (Wildman–Crippen LogP) is 2.37. The third kappa shape index (κ3) is 3.66. The molecule has 27 heavy (non-hydrogen) atoms. The zero-order valence-corrected chi connectivity index (χ0v) is 15.7. The van der Waals surface area contributed by atoms with Crippen LogP contribution in [0.5, 0.6) is 0 Å². The van der Waals surface area contributed by atoms with Crippen LogP contribution in [0.3, 0.4) is 0 Å². The third-order valence-electron chi connectivity index (χ3n) is 4.49. The number of aromatic amines is 1. The number of rotatable bonds is 5. The number of benzene rings is 2. The van der Waals surface area contributed by atoms with Gasteiger partial charge in [0.2, 0.25) is 0 Å². The van der Waals surface area contributed by atoms with E-state index in [1.807, 2.05) is 50.4 Å². The van der Waals surface area contributed by atoms with E-state index in [4.69, 9.17) is 5.73 Å². The van der Waals surface area contributed by atoms with Crippen LogP contribution in [0.15, 0.2) is 58.5 Å². The van der Waals surface area contributed by atoms with Crippen molar-refractivity contribution in [3.8, 4) is 0 Å². The first kappa shape index (κ1) is 18.5. The monoisotopic (exact) mass is 361 g/mol. The van der Waals surface area contributed by atoms with E-state index in [2.05, 4.69) is 20.5 Å². The molecule has 0 saturated heterocycles. The van der Waals surface area contributed by atoms with E-state index in [0.29, 0.717) is 11.9 Å². The van der Waals surface area contributed by atoms with Crippen LogP contribution in [0.2, 0.25) is 0 Å². The van der Waals surface area contributed by atoms with E-state index in [9.17, 15) is 4.79 Å². The van der Waals surface area contributed by atoms with Gasteiger partial charge in [-0.3, -0.25) is 9.79 Å². The Hall–Kier alpha value is -3.25. The summed E-state index contributed by atoms with van der Waals surface area (Å²) in [5, 5.41) is 11.2. The molecule has 0 fully saturated rings. The average Bonchev–Trinajstić information content (AvgIpc) is 2.69. The molecule has 6 heteroatoms. The van der Waals surface area contributed by atoms with E-state index in [-0.39, 0.29) is 5.56 Å². The van der Waals surface area contributed by atoms with Crippen molar-refractivity contribution in [1.82, 2.24) is 15.5 Å². The second kappa shape index (κ2) is 7.97. The fourth-order valence-corrected chi connectivity index (χ4v) is 3.12.